The number of fused-ring (bicyclic) bond motifs is 1. The van der Waals surface area contributed by atoms with Crippen LogP contribution in [-0.4, -0.2) is 22.8 Å². The normalized spacial score (nSPS) is 16.3. The molecule has 4 rings (SSSR count). The van der Waals surface area contributed by atoms with Gasteiger partial charge in [-0.25, -0.2) is 8.78 Å². The number of anilines is 1. The highest BCUT2D eigenvalue weighted by molar-refractivity contribution is 5.96. The quantitative estimate of drug-likeness (QED) is 0.531. The molecule has 1 aliphatic heterocycles. The topological polar surface area (TPSA) is 58.6 Å². The third-order valence-electron chi connectivity index (χ3n) is 5.87. The average molecular weight is 465 g/mol. The number of hydrogen-bond acceptors (Lipinski definition) is 3. The number of rotatable bonds is 6. The molecule has 5 nitrogen and oxygen atoms in total. The second-order valence-electron chi connectivity index (χ2n) is 8.42. The van der Waals surface area contributed by atoms with Gasteiger partial charge in [0.2, 0.25) is 5.91 Å². The third kappa shape index (κ3) is 5.25. The zero-order chi connectivity index (χ0) is 24.2. The van der Waals surface area contributed by atoms with Gasteiger partial charge in [-0.3, -0.25) is 9.59 Å². The molecule has 7 heteroatoms. The highest BCUT2D eigenvalue weighted by atomic mass is 19.1. The number of ether oxygens (including phenoxy) is 1. The average Bonchev–Trinajstić information content (AvgIpc) is 2.90. The van der Waals surface area contributed by atoms with Crippen LogP contribution in [0.1, 0.15) is 42.9 Å². The van der Waals surface area contributed by atoms with Crippen LogP contribution in [0.25, 0.3) is 0 Å². The standard InChI is InChI=1S/C27H26F2N2O3/c1-3-24(19-7-5-4-6-8-19)26(32)30-23-9-10-25-20(13-23)16-31(27(33)17(2)34-25)15-18-11-21(28)14-22(29)12-18/h4-14,17,24H,3,15-16H2,1-2H3,(H,30,32)/t17-,24-/m1/s1. The summed E-state index contributed by atoms with van der Waals surface area (Å²) in [5.74, 6) is -1.58. The van der Waals surface area contributed by atoms with Crippen LogP contribution in [-0.2, 0) is 22.7 Å². The van der Waals surface area contributed by atoms with E-state index in [1.165, 1.54) is 17.0 Å². The largest absolute Gasteiger partial charge is 0.481 e. The van der Waals surface area contributed by atoms with Gasteiger partial charge in [0.1, 0.15) is 17.4 Å². The van der Waals surface area contributed by atoms with E-state index < -0.39 is 17.7 Å². The Morgan fingerprint density at radius 1 is 1.09 bits per heavy atom. The van der Waals surface area contributed by atoms with E-state index in [9.17, 15) is 18.4 Å². The summed E-state index contributed by atoms with van der Waals surface area (Å²) in [6.45, 7) is 3.81. The zero-order valence-corrected chi connectivity index (χ0v) is 19.1. The van der Waals surface area contributed by atoms with Crippen molar-refractivity contribution in [2.24, 2.45) is 0 Å². The van der Waals surface area contributed by atoms with Gasteiger partial charge in [0, 0.05) is 30.4 Å². The number of halogens is 2. The maximum atomic E-state index is 13.7. The van der Waals surface area contributed by atoms with E-state index in [4.69, 9.17) is 4.74 Å². The summed E-state index contributed by atoms with van der Waals surface area (Å²) in [5, 5.41) is 2.97. The molecule has 3 aromatic rings. The Kier molecular flexibility index (Phi) is 6.91. The molecule has 176 valence electrons. The molecule has 0 aromatic heterocycles. The predicted octanol–water partition coefficient (Wildman–Crippen LogP) is 5.41. The number of benzene rings is 3. The molecule has 3 aromatic carbocycles. The highest BCUT2D eigenvalue weighted by Crippen LogP contribution is 2.30. The third-order valence-corrected chi connectivity index (χ3v) is 5.87. The van der Waals surface area contributed by atoms with E-state index in [1.807, 2.05) is 37.3 Å². The van der Waals surface area contributed by atoms with E-state index in [0.717, 1.165) is 11.6 Å². The molecule has 0 bridgehead atoms. The van der Waals surface area contributed by atoms with Crippen LogP contribution in [0.3, 0.4) is 0 Å². The molecular formula is C27H26F2N2O3. The van der Waals surface area contributed by atoms with Gasteiger partial charge in [-0.05, 0) is 54.8 Å². The summed E-state index contributed by atoms with van der Waals surface area (Å²) in [6.07, 6.45) is -0.115. The van der Waals surface area contributed by atoms with Gasteiger partial charge in [-0.2, -0.15) is 0 Å². The van der Waals surface area contributed by atoms with Gasteiger partial charge < -0.3 is 15.0 Å². The van der Waals surface area contributed by atoms with Crippen molar-refractivity contribution in [1.82, 2.24) is 4.90 Å². The maximum Gasteiger partial charge on any atom is 0.263 e. The lowest BCUT2D eigenvalue weighted by atomic mass is 9.95. The van der Waals surface area contributed by atoms with Gasteiger partial charge in [0.25, 0.3) is 5.91 Å². The van der Waals surface area contributed by atoms with Crippen molar-refractivity contribution >= 4 is 17.5 Å². The fraction of sp³-hybridized carbons (Fsp3) is 0.259. The second-order valence-corrected chi connectivity index (χ2v) is 8.42. The Morgan fingerprint density at radius 2 is 1.79 bits per heavy atom. The first kappa shape index (κ1) is 23.4. The second kappa shape index (κ2) is 10.0. The molecule has 0 saturated heterocycles. The van der Waals surface area contributed by atoms with E-state index in [0.29, 0.717) is 29.0 Å². The fourth-order valence-electron chi connectivity index (χ4n) is 4.22. The molecule has 34 heavy (non-hydrogen) atoms. The Labute approximate surface area is 197 Å². The number of nitrogens with zero attached hydrogens (tertiary/aromatic N) is 1. The minimum Gasteiger partial charge on any atom is -0.481 e. The van der Waals surface area contributed by atoms with Gasteiger partial charge >= 0.3 is 0 Å². The lowest BCUT2D eigenvalue weighted by molar-refractivity contribution is -0.138. The van der Waals surface area contributed by atoms with Crippen LogP contribution in [0.5, 0.6) is 5.75 Å². The molecule has 0 radical (unpaired) electrons. The minimum absolute atomic E-state index is 0.0309. The molecule has 0 fully saturated rings. The number of carbonyl (C=O) groups excluding carboxylic acids is 2. The SMILES string of the molecule is CC[C@@H](C(=O)Nc1ccc2c(c1)CN(Cc1cc(F)cc(F)c1)C(=O)[C@@H](C)O2)c1ccccc1. The van der Waals surface area contributed by atoms with Crippen LogP contribution in [0, 0.1) is 11.6 Å². The first-order chi connectivity index (χ1) is 16.3. The Balaban J connectivity index is 1.56. The monoisotopic (exact) mass is 464 g/mol. The molecule has 1 heterocycles. The van der Waals surface area contributed by atoms with Gasteiger partial charge in [0.15, 0.2) is 6.10 Å². The van der Waals surface area contributed by atoms with E-state index in [-0.39, 0.29) is 30.8 Å². The predicted molar refractivity (Wildman–Crippen MR) is 125 cm³/mol. The molecule has 2 atom stereocenters. The Morgan fingerprint density at radius 3 is 2.47 bits per heavy atom. The van der Waals surface area contributed by atoms with Crippen LogP contribution >= 0.6 is 0 Å². The van der Waals surface area contributed by atoms with Gasteiger partial charge in [0.05, 0.1) is 5.92 Å². The van der Waals surface area contributed by atoms with Crippen LogP contribution in [0.4, 0.5) is 14.5 Å². The lowest BCUT2D eigenvalue weighted by Gasteiger charge is -2.22. The van der Waals surface area contributed by atoms with E-state index in [2.05, 4.69) is 5.32 Å². The summed E-state index contributed by atoms with van der Waals surface area (Å²) in [7, 11) is 0. The maximum absolute atomic E-state index is 13.7. The fourth-order valence-corrected chi connectivity index (χ4v) is 4.22. The summed E-state index contributed by atoms with van der Waals surface area (Å²) in [6, 6.07) is 18.0. The number of hydrogen-bond donors (Lipinski definition) is 1. The molecular weight excluding hydrogens is 438 g/mol. The molecule has 0 aliphatic carbocycles. The number of carbonyl (C=O) groups is 2. The van der Waals surface area contributed by atoms with Gasteiger partial charge in [-0.15, -0.1) is 0 Å². The molecule has 0 spiro atoms. The van der Waals surface area contributed by atoms with Crippen LogP contribution < -0.4 is 10.1 Å². The minimum atomic E-state index is -0.761. The molecule has 1 aliphatic rings. The number of nitrogens with one attached hydrogen (secondary N) is 1. The van der Waals surface area contributed by atoms with Crippen LogP contribution in [0.15, 0.2) is 66.7 Å². The highest BCUT2D eigenvalue weighted by Gasteiger charge is 2.28. The Bertz CT molecular complexity index is 1180. The molecule has 1 N–H and O–H groups in total. The summed E-state index contributed by atoms with van der Waals surface area (Å²) < 4.78 is 33.1. The summed E-state index contributed by atoms with van der Waals surface area (Å²) >= 11 is 0. The van der Waals surface area contributed by atoms with Crippen molar-refractivity contribution in [3.8, 4) is 5.75 Å². The summed E-state index contributed by atoms with van der Waals surface area (Å²) in [4.78, 5) is 27.4. The van der Waals surface area contributed by atoms with Crippen molar-refractivity contribution in [1.29, 1.82) is 0 Å². The van der Waals surface area contributed by atoms with Crippen molar-refractivity contribution in [3.63, 3.8) is 0 Å². The summed E-state index contributed by atoms with van der Waals surface area (Å²) in [5.41, 5.74) is 2.56. The van der Waals surface area contributed by atoms with Crippen molar-refractivity contribution in [2.45, 2.75) is 45.4 Å². The van der Waals surface area contributed by atoms with E-state index >= 15 is 0 Å². The van der Waals surface area contributed by atoms with Crippen LogP contribution in [0.2, 0.25) is 0 Å². The lowest BCUT2D eigenvalue weighted by Crippen LogP contribution is -2.37. The molecule has 2 amide bonds. The van der Waals surface area contributed by atoms with Gasteiger partial charge in [-0.1, -0.05) is 37.3 Å². The molecule has 0 saturated carbocycles. The van der Waals surface area contributed by atoms with Crippen molar-refractivity contribution < 1.29 is 23.1 Å². The number of amides is 2. The first-order valence-corrected chi connectivity index (χ1v) is 11.2. The smallest absolute Gasteiger partial charge is 0.263 e. The Hall–Kier alpha value is -3.74. The first-order valence-electron chi connectivity index (χ1n) is 11.2. The molecule has 0 unspecified atom stereocenters. The van der Waals surface area contributed by atoms with Crippen molar-refractivity contribution in [3.05, 3.63) is 95.1 Å². The van der Waals surface area contributed by atoms with Crippen molar-refractivity contribution in [2.75, 3.05) is 5.32 Å². The zero-order valence-electron chi connectivity index (χ0n) is 19.1. The van der Waals surface area contributed by atoms with E-state index in [1.54, 1.807) is 25.1 Å².